The summed E-state index contributed by atoms with van der Waals surface area (Å²) in [7, 11) is -2.16. The summed E-state index contributed by atoms with van der Waals surface area (Å²) in [6.07, 6.45) is 1.21. The number of methoxy groups -OCH3 is 1. The fourth-order valence-corrected chi connectivity index (χ4v) is 5.32. The molecule has 1 heterocycles. The van der Waals surface area contributed by atoms with E-state index in [-0.39, 0.29) is 10.7 Å². The lowest BCUT2D eigenvalue weighted by atomic mass is 10.0. The van der Waals surface area contributed by atoms with Crippen LogP contribution in [0.2, 0.25) is 0 Å². The predicted molar refractivity (Wildman–Crippen MR) is 100 cm³/mol. The molecular weight excluding hydrogens is 350 g/mol. The molecule has 1 aliphatic rings. The van der Waals surface area contributed by atoms with Crippen LogP contribution in [0.4, 0.5) is 0 Å². The largest absolute Gasteiger partial charge is 0.497 e. The van der Waals surface area contributed by atoms with Gasteiger partial charge in [-0.2, -0.15) is 4.31 Å². The van der Waals surface area contributed by atoms with E-state index < -0.39 is 16.1 Å². The van der Waals surface area contributed by atoms with E-state index in [0.29, 0.717) is 36.3 Å². The van der Waals surface area contributed by atoms with Crippen LogP contribution in [0.3, 0.4) is 0 Å². The molecule has 1 saturated heterocycles. The molecule has 5 nitrogen and oxygen atoms in total. The van der Waals surface area contributed by atoms with Crippen LogP contribution in [0.1, 0.15) is 34.3 Å². The Hall–Kier alpha value is -2.18. The molecule has 0 saturated carbocycles. The number of carbonyl (C=O) groups excluding carboxylic acids is 1. The summed E-state index contributed by atoms with van der Waals surface area (Å²) in [5.74, 6) is 0.492. The number of aryl methyl sites for hydroxylation is 2. The van der Waals surface area contributed by atoms with Gasteiger partial charge in [-0.1, -0.05) is 12.1 Å². The lowest BCUT2D eigenvalue weighted by molar-refractivity contribution is 0.0918. The number of ether oxygens (including phenoxy) is 1. The maximum Gasteiger partial charge on any atom is 0.244 e. The zero-order valence-corrected chi connectivity index (χ0v) is 16.0. The smallest absolute Gasteiger partial charge is 0.244 e. The Labute approximate surface area is 154 Å². The summed E-state index contributed by atoms with van der Waals surface area (Å²) >= 11 is 0. The third kappa shape index (κ3) is 3.39. The highest BCUT2D eigenvalue weighted by molar-refractivity contribution is 7.89. The second-order valence-electron chi connectivity index (χ2n) is 6.64. The number of nitrogens with zero attached hydrogens (tertiary/aromatic N) is 1. The second-order valence-corrected chi connectivity index (χ2v) is 8.49. The summed E-state index contributed by atoms with van der Waals surface area (Å²) in [5.41, 5.74) is 2.07. The molecule has 0 radical (unpaired) electrons. The molecule has 2 aromatic rings. The minimum Gasteiger partial charge on any atom is -0.497 e. The molecular formula is C20H23NO4S. The average Bonchev–Trinajstić information content (AvgIpc) is 3.13. The zero-order chi connectivity index (χ0) is 18.9. The third-order valence-electron chi connectivity index (χ3n) is 4.81. The van der Waals surface area contributed by atoms with Crippen molar-refractivity contribution in [3.05, 3.63) is 59.2 Å². The van der Waals surface area contributed by atoms with Crippen LogP contribution < -0.4 is 4.74 Å². The Balaban J connectivity index is 1.94. The zero-order valence-electron chi connectivity index (χ0n) is 15.2. The molecule has 1 fully saturated rings. The van der Waals surface area contributed by atoms with Crippen molar-refractivity contribution in [2.45, 2.75) is 37.6 Å². The van der Waals surface area contributed by atoms with Gasteiger partial charge in [0.1, 0.15) is 5.75 Å². The van der Waals surface area contributed by atoms with Gasteiger partial charge in [0.25, 0.3) is 0 Å². The topological polar surface area (TPSA) is 63.7 Å². The average molecular weight is 373 g/mol. The summed E-state index contributed by atoms with van der Waals surface area (Å²) < 4.78 is 32.9. The van der Waals surface area contributed by atoms with Gasteiger partial charge in [-0.25, -0.2) is 8.42 Å². The summed E-state index contributed by atoms with van der Waals surface area (Å²) in [6, 6.07) is 11.5. The van der Waals surface area contributed by atoms with Crippen molar-refractivity contribution in [3.63, 3.8) is 0 Å². The van der Waals surface area contributed by atoms with Crippen LogP contribution in [0.25, 0.3) is 0 Å². The van der Waals surface area contributed by atoms with Gasteiger partial charge >= 0.3 is 0 Å². The second kappa shape index (κ2) is 7.21. The third-order valence-corrected chi connectivity index (χ3v) is 6.86. The molecule has 1 unspecified atom stereocenters. The highest BCUT2D eigenvalue weighted by Crippen LogP contribution is 2.30. The van der Waals surface area contributed by atoms with E-state index in [9.17, 15) is 13.2 Å². The number of hydrogen-bond donors (Lipinski definition) is 0. The normalized spacial score (nSPS) is 18.0. The Kier molecular flexibility index (Phi) is 5.16. The minimum atomic E-state index is -3.72. The molecule has 0 N–H and O–H groups in total. The molecule has 0 aromatic heterocycles. The van der Waals surface area contributed by atoms with E-state index in [2.05, 4.69) is 0 Å². The van der Waals surface area contributed by atoms with Gasteiger partial charge in [0.2, 0.25) is 10.0 Å². The molecule has 138 valence electrons. The molecule has 3 rings (SSSR count). The summed E-state index contributed by atoms with van der Waals surface area (Å²) in [5, 5.41) is 0. The lowest BCUT2D eigenvalue weighted by Crippen LogP contribution is -2.40. The van der Waals surface area contributed by atoms with Gasteiger partial charge in [-0.3, -0.25) is 4.79 Å². The van der Waals surface area contributed by atoms with Crippen molar-refractivity contribution in [1.29, 1.82) is 0 Å². The van der Waals surface area contributed by atoms with Crippen LogP contribution in [-0.4, -0.2) is 38.2 Å². The number of hydrogen-bond acceptors (Lipinski definition) is 4. The minimum absolute atomic E-state index is 0.168. The number of rotatable bonds is 5. The van der Waals surface area contributed by atoms with Crippen LogP contribution >= 0.6 is 0 Å². The van der Waals surface area contributed by atoms with E-state index in [4.69, 9.17) is 4.74 Å². The van der Waals surface area contributed by atoms with Crippen molar-refractivity contribution < 1.29 is 17.9 Å². The van der Waals surface area contributed by atoms with Crippen LogP contribution in [0, 0.1) is 13.8 Å². The van der Waals surface area contributed by atoms with Gasteiger partial charge < -0.3 is 4.74 Å². The van der Waals surface area contributed by atoms with E-state index >= 15 is 0 Å². The maximum absolute atomic E-state index is 13.2. The van der Waals surface area contributed by atoms with Crippen molar-refractivity contribution in [1.82, 2.24) is 4.31 Å². The van der Waals surface area contributed by atoms with Gasteiger partial charge in [-0.15, -0.1) is 0 Å². The fourth-order valence-electron chi connectivity index (χ4n) is 3.35. The molecule has 1 atom stereocenters. The van der Waals surface area contributed by atoms with E-state index in [1.807, 2.05) is 13.0 Å². The number of carbonyl (C=O) groups is 1. The molecule has 0 amide bonds. The van der Waals surface area contributed by atoms with Gasteiger partial charge in [0.15, 0.2) is 5.78 Å². The van der Waals surface area contributed by atoms with E-state index in [0.717, 1.165) is 5.56 Å². The van der Waals surface area contributed by atoms with Crippen molar-refractivity contribution in [2.24, 2.45) is 0 Å². The monoisotopic (exact) mass is 373 g/mol. The molecule has 6 heteroatoms. The van der Waals surface area contributed by atoms with Crippen molar-refractivity contribution in [3.8, 4) is 5.75 Å². The fraction of sp³-hybridized carbons (Fsp3) is 0.350. The van der Waals surface area contributed by atoms with Crippen LogP contribution in [0.5, 0.6) is 5.75 Å². The van der Waals surface area contributed by atoms with Crippen LogP contribution in [-0.2, 0) is 10.0 Å². The number of Topliss-reactive ketones (excluding diaryl/α,β-unsaturated/α-hetero) is 1. The molecule has 0 aliphatic carbocycles. The maximum atomic E-state index is 13.2. The highest BCUT2D eigenvalue weighted by Gasteiger charge is 2.40. The van der Waals surface area contributed by atoms with Gasteiger partial charge in [0, 0.05) is 12.1 Å². The quantitative estimate of drug-likeness (QED) is 0.754. The summed E-state index contributed by atoms with van der Waals surface area (Å²) in [4.78, 5) is 13.2. The van der Waals surface area contributed by atoms with Crippen molar-refractivity contribution in [2.75, 3.05) is 13.7 Å². The first-order valence-corrected chi connectivity index (χ1v) is 10.1. The van der Waals surface area contributed by atoms with Gasteiger partial charge in [-0.05, 0) is 68.1 Å². The molecule has 0 bridgehead atoms. The highest BCUT2D eigenvalue weighted by atomic mass is 32.2. The van der Waals surface area contributed by atoms with E-state index in [1.165, 1.54) is 4.31 Å². The molecule has 0 spiro atoms. The standard InChI is InChI=1S/C20H23NO4S/c1-14-6-7-15(2)19(13-14)26(23,24)21-12-4-5-18(21)20(22)16-8-10-17(25-3)11-9-16/h6-11,13,18H,4-5,12H2,1-3H3. The number of ketones is 1. The number of sulfonamides is 1. The van der Waals surface area contributed by atoms with E-state index in [1.54, 1.807) is 50.4 Å². The van der Waals surface area contributed by atoms with Gasteiger partial charge in [0.05, 0.1) is 18.0 Å². The number of benzene rings is 2. The lowest BCUT2D eigenvalue weighted by Gasteiger charge is -2.24. The Bertz CT molecular complexity index is 919. The Morgan fingerprint density at radius 3 is 2.46 bits per heavy atom. The summed E-state index contributed by atoms with van der Waals surface area (Å²) in [6.45, 7) is 4.01. The molecule has 1 aliphatic heterocycles. The SMILES string of the molecule is COc1ccc(C(=O)C2CCCN2S(=O)(=O)c2cc(C)ccc2C)cc1. The first-order chi connectivity index (χ1) is 12.3. The first-order valence-electron chi connectivity index (χ1n) is 8.62. The molecule has 2 aromatic carbocycles. The molecule has 26 heavy (non-hydrogen) atoms. The Morgan fingerprint density at radius 1 is 1.12 bits per heavy atom. The van der Waals surface area contributed by atoms with Crippen LogP contribution in [0.15, 0.2) is 47.4 Å². The van der Waals surface area contributed by atoms with Crippen molar-refractivity contribution >= 4 is 15.8 Å². The predicted octanol–water partition coefficient (Wildman–Crippen LogP) is 3.35. The Morgan fingerprint density at radius 2 is 1.81 bits per heavy atom. The first kappa shape index (κ1) is 18.6.